The van der Waals surface area contributed by atoms with E-state index < -0.39 is 5.09 Å². The first-order chi connectivity index (χ1) is 14.1. The van der Waals surface area contributed by atoms with Gasteiger partial charge in [-0.1, -0.05) is 35.5 Å². The highest BCUT2D eigenvalue weighted by atomic mass is 32.1. The Balaban J connectivity index is 1.69. The Morgan fingerprint density at radius 3 is 2.83 bits per heavy atom. The van der Waals surface area contributed by atoms with Crippen LogP contribution in [0.2, 0.25) is 0 Å². The smallest absolute Gasteiger partial charge is 0.294 e. The van der Waals surface area contributed by atoms with Crippen LogP contribution in [-0.2, 0) is 11.4 Å². The number of nitrogens with zero attached hydrogens (tertiary/aromatic N) is 6. The van der Waals surface area contributed by atoms with Crippen molar-refractivity contribution >= 4 is 11.3 Å². The van der Waals surface area contributed by atoms with Gasteiger partial charge in [-0.2, -0.15) is 0 Å². The van der Waals surface area contributed by atoms with Crippen molar-refractivity contribution in [2.75, 3.05) is 0 Å². The summed E-state index contributed by atoms with van der Waals surface area (Å²) in [6, 6.07) is 11.6. The van der Waals surface area contributed by atoms with Crippen LogP contribution < -0.4 is 0 Å². The minimum atomic E-state index is -0.829. The molecule has 1 atom stereocenters. The molecule has 0 radical (unpaired) electrons. The molecule has 0 aliphatic rings. The fourth-order valence-corrected chi connectivity index (χ4v) is 3.92. The molecule has 0 saturated carbocycles. The largest absolute Gasteiger partial charge is 0.309 e. The summed E-state index contributed by atoms with van der Waals surface area (Å²) in [5.41, 5.74) is 5.73. The highest BCUT2D eigenvalue weighted by Gasteiger charge is 2.22. The molecule has 1 aromatic carbocycles. The molecule has 1 unspecified atom stereocenters. The third kappa shape index (κ3) is 4.11. The summed E-state index contributed by atoms with van der Waals surface area (Å²) in [4.78, 5) is 24.4. The molecule has 4 aromatic rings. The van der Waals surface area contributed by atoms with Crippen molar-refractivity contribution < 1.29 is 9.92 Å². The number of thiazole rings is 1. The van der Waals surface area contributed by atoms with Gasteiger partial charge < -0.3 is 4.84 Å². The lowest BCUT2D eigenvalue weighted by molar-refractivity contribution is -0.763. The predicted octanol–water partition coefficient (Wildman–Crippen LogP) is 3.45. The predicted molar refractivity (Wildman–Crippen MR) is 106 cm³/mol. The molecule has 0 N–H and O–H groups in total. The van der Waals surface area contributed by atoms with Gasteiger partial charge in [-0.05, 0) is 24.1 Å². The number of pyridine rings is 1. The minimum Gasteiger partial charge on any atom is -0.309 e. The lowest BCUT2D eigenvalue weighted by Crippen LogP contribution is -2.13. The first kappa shape index (κ1) is 18.7. The van der Waals surface area contributed by atoms with Crippen LogP contribution in [0.15, 0.2) is 60.5 Å². The maximum absolute atomic E-state index is 10.4. The molecule has 9 nitrogen and oxygen atoms in total. The zero-order chi connectivity index (χ0) is 20.2. The van der Waals surface area contributed by atoms with E-state index >= 15 is 0 Å². The van der Waals surface area contributed by atoms with Gasteiger partial charge in [0, 0.05) is 18.0 Å². The Kier molecular flexibility index (Phi) is 5.25. The molecule has 29 heavy (non-hydrogen) atoms. The molecule has 146 valence electrons. The van der Waals surface area contributed by atoms with Crippen molar-refractivity contribution in [2.24, 2.45) is 0 Å². The first-order valence-electron chi connectivity index (χ1n) is 8.70. The van der Waals surface area contributed by atoms with Crippen LogP contribution in [-0.4, -0.2) is 30.0 Å². The Labute approximate surface area is 169 Å². The minimum absolute atomic E-state index is 0.154. The van der Waals surface area contributed by atoms with Crippen LogP contribution in [0.4, 0.5) is 0 Å². The van der Waals surface area contributed by atoms with E-state index in [0.717, 1.165) is 16.1 Å². The lowest BCUT2D eigenvalue weighted by atomic mass is 10.0. The summed E-state index contributed by atoms with van der Waals surface area (Å²) in [6.45, 7) is 1.80. The number of benzene rings is 1. The second kappa shape index (κ2) is 8.15. The highest BCUT2D eigenvalue weighted by molar-refractivity contribution is 7.09. The topological polar surface area (TPSA) is 109 Å². The van der Waals surface area contributed by atoms with E-state index in [1.807, 2.05) is 49.0 Å². The van der Waals surface area contributed by atoms with Crippen molar-refractivity contribution in [1.82, 2.24) is 25.0 Å². The molecule has 0 aliphatic heterocycles. The second-order valence-corrected chi connectivity index (χ2v) is 7.16. The van der Waals surface area contributed by atoms with E-state index in [2.05, 4.69) is 25.1 Å². The zero-order valence-corrected chi connectivity index (χ0v) is 16.2. The van der Waals surface area contributed by atoms with Crippen LogP contribution in [0.1, 0.15) is 27.7 Å². The van der Waals surface area contributed by atoms with Gasteiger partial charge >= 0.3 is 0 Å². The summed E-state index contributed by atoms with van der Waals surface area (Å²) < 4.78 is 1.80. The van der Waals surface area contributed by atoms with Crippen molar-refractivity contribution in [3.8, 4) is 11.3 Å². The summed E-state index contributed by atoms with van der Waals surface area (Å²) in [7, 11) is 0. The van der Waals surface area contributed by atoms with E-state index in [9.17, 15) is 10.1 Å². The van der Waals surface area contributed by atoms with Gasteiger partial charge in [0.05, 0.1) is 22.3 Å². The molecule has 0 fully saturated rings. The van der Waals surface area contributed by atoms with Gasteiger partial charge in [-0.25, -0.2) is 9.67 Å². The van der Waals surface area contributed by atoms with Gasteiger partial charge in [-0.15, -0.1) is 26.5 Å². The second-order valence-electron chi connectivity index (χ2n) is 6.28. The normalized spacial score (nSPS) is 11.9. The average molecular weight is 408 g/mol. The van der Waals surface area contributed by atoms with Gasteiger partial charge in [-0.3, -0.25) is 4.98 Å². The molecule has 3 aromatic heterocycles. The van der Waals surface area contributed by atoms with Gasteiger partial charge in [0.2, 0.25) is 0 Å². The Hall–Kier alpha value is -3.66. The van der Waals surface area contributed by atoms with Crippen molar-refractivity contribution in [3.63, 3.8) is 0 Å². The van der Waals surface area contributed by atoms with Crippen LogP contribution in [0.3, 0.4) is 0 Å². The molecule has 10 heteroatoms. The Morgan fingerprint density at radius 2 is 2.10 bits per heavy atom. The quantitative estimate of drug-likeness (QED) is 0.340. The van der Waals surface area contributed by atoms with Crippen molar-refractivity contribution in [2.45, 2.75) is 19.6 Å². The van der Waals surface area contributed by atoms with E-state index in [-0.39, 0.29) is 12.6 Å². The number of aryl methyl sites for hydroxylation is 1. The number of hydrogen-bond acceptors (Lipinski definition) is 8. The summed E-state index contributed by atoms with van der Waals surface area (Å²) in [5.74, 6) is 0. The van der Waals surface area contributed by atoms with Crippen LogP contribution in [0, 0.1) is 17.0 Å². The van der Waals surface area contributed by atoms with E-state index in [0.29, 0.717) is 16.8 Å². The third-order valence-electron chi connectivity index (χ3n) is 4.35. The van der Waals surface area contributed by atoms with E-state index in [1.165, 1.54) is 6.20 Å². The van der Waals surface area contributed by atoms with Crippen LogP contribution in [0.5, 0.6) is 0 Å². The molecule has 3 heterocycles. The maximum Gasteiger partial charge on any atom is 0.294 e. The molecule has 4 rings (SSSR count). The Morgan fingerprint density at radius 1 is 1.28 bits per heavy atom. The van der Waals surface area contributed by atoms with Crippen LogP contribution >= 0.6 is 11.3 Å². The summed E-state index contributed by atoms with van der Waals surface area (Å²) in [6.07, 6.45) is 5.00. The maximum atomic E-state index is 10.4. The van der Waals surface area contributed by atoms with Gasteiger partial charge in [0.1, 0.15) is 18.3 Å². The number of aromatic nitrogens is 5. The fourth-order valence-electron chi connectivity index (χ4n) is 3.00. The standard InChI is InChI=1S/C19H16N6O3S/c1-13-19(29-12-21-13)18(15-5-3-2-4-6-15)24-10-17(22-23-24)16-7-14(8-20-9-16)11-28-25(26)27/h2-10,12,18H,11H2,1H3. The van der Waals surface area contributed by atoms with Gasteiger partial charge in [0.15, 0.2) is 0 Å². The number of hydrogen-bond donors (Lipinski definition) is 0. The number of rotatable bonds is 7. The molecule has 0 spiro atoms. The van der Waals surface area contributed by atoms with E-state index in [1.54, 1.807) is 28.3 Å². The van der Waals surface area contributed by atoms with Crippen LogP contribution in [0.25, 0.3) is 11.3 Å². The van der Waals surface area contributed by atoms with Crippen molar-refractivity contribution in [1.29, 1.82) is 0 Å². The average Bonchev–Trinajstić information content (AvgIpc) is 3.38. The SMILES string of the molecule is Cc1ncsc1C(c1ccccc1)n1cc(-c2cncc(CO[N+](=O)[O-])c2)nn1. The molecular formula is C19H16N6O3S. The third-order valence-corrected chi connectivity index (χ3v) is 5.33. The van der Waals surface area contributed by atoms with Crippen molar-refractivity contribution in [3.05, 3.63) is 92.3 Å². The molecule has 0 amide bonds. The first-order valence-corrected chi connectivity index (χ1v) is 9.58. The summed E-state index contributed by atoms with van der Waals surface area (Å²) >= 11 is 1.57. The molecule has 0 aliphatic carbocycles. The molecule has 0 saturated heterocycles. The fraction of sp³-hybridized carbons (Fsp3) is 0.158. The highest BCUT2D eigenvalue weighted by Crippen LogP contribution is 2.32. The zero-order valence-electron chi connectivity index (χ0n) is 15.4. The van der Waals surface area contributed by atoms with Gasteiger partial charge in [0.25, 0.3) is 5.09 Å². The lowest BCUT2D eigenvalue weighted by Gasteiger charge is -2.16. The van der Waals surface area contributed by atoms with E-state index in [4.69, 9.17) is 0 Å². The Bertz CT molecular complexity index is 1130. The molecule has 0 bridgehead atoms. The monoisotopic (exact) mass is 408 g/mol. The summed E-state index contributed by atoms with van der Waals surface area (Å²) in [5, 5.41) is 18.2. The molecular weight excluding hydrogens is 392 g/mol.